The number of nitrogens with one attached hydrogen (secondary N) is 1. The van der Waals surface area contributed by atoms with Crippen LogP contribution >= 0.6 is 0 Å². The number of nitrogens with zero attached hydrogens (tertiary/aromatic N) is 1. The predicted octanol–water partition coefficient (Wildman–Crippen LogP) is 2.32. The van der Waals surface area contributed by atoms with Crippen molar-refractivity contribution in [3.05, 3.63) is 0 Å². The lowest BCUT2D eigenvalue weighted by atomic mass is 9.74. The minimum Gasteiger partial charge on any atom is -0.481 e. The minimum absolute atomic E-state index is 0.203. The standard InChI is InChI=1S/C14H26N2O3/c1-13(2,11(17)18)14(3,4)15-12(19)16(5)9-10-7-6-8-10/h10H,6-9H2,1-5H3,(H,15,19)(H,17,18). The maximum Gasteiger partial charge on any atom is 0.317 e. The number of hydrogen-bond acceptors (Lipinski definition) is 2. The maximum atomic E-state index is 12.1. The van der Waals surface area contributed by atoms with Gasteiger partial charge >= 0.3 is 12.0 Å². The van der Waals surface area contributed by atoms with Gasteiger partial charge in [0.1, 0.15) is 0 Å². The fourth-order valence-corrected chi connectivity index (χ4v) is 1.93. The van der Waals surface area contributed by atoms with Crippen LogP contribution in [-0.2, 0) is 4.79 Å². The van der Waals surface area contributed by atoms with Gasteiger partial charge in [0.15, 0.2) is 0 Å². The molecule has 0 heterocycles. The van der Waals surface area contributed by atoms with Crippen LogP contribution in [0.5, 0.6) is 0 Å². The van der Waals surface area contributed by atoms with Gasteiger partial charge in [-0.15, -0.1) is 0 Å². The van der Waals surface area contributed by atoms with Crippen LogP contribution in [-0.4, -0.2) is 41.1 Å². The van der Waals surface area contributed by atoms with Gasteiger partial charge < -0.3 is 15.3 Å². The Balaban J connectivity index is 2.60. The molecule has 1 aliphatic carbocycles. The van der Waals surface area contributed by atoms with E-state index in [1.54, 1.807) is 39.6 Å². The summed E-state index contributed by atoms with van der Waals surface area (Å²) >= 11 is 0. The average molecular weight is 270 g/mol. The summed E-state index contributed by atoms with van der Waals surface area (Å²) < 4.78 is 0. The first-order valence-electron chi connectivity index (χ1n) is 6.84. The van der Waals surface area contributed by atoms with E-state index < -0.39 is 16.9 Å². The van der Waals surface area contributed by atoms with Gasteiger partial charge in [0, 0.05) is 13.6 Å². The lowest BCUT2D eigenvalue weighted by Crippen LogP contribution is -2.59. The van der Waals surface area contributed by atoms with Gasteiger partial charge in [0.2, 0.25) is 0 Å². The van der Waals surface area contributed by atoms with Crippen LogP contribution in [0, 0.1) is 11.3 Å². The van der Waals surface area contributed by atoms with E-state index in [4.69, 9.17) is 0 Å². The summed E-state index contributed by atoms with van der Waals surface area (Å²) in [6.45, 7) is 7.49. The van der Waals surface area contributed by atoms with Gasteiger partial charge in [0.05, 0.1) is 11.0 Å². The Kier molecular flexibility index (Phi) is 4.48. The van der Waals surface area contributed by atoms with Gasteiger partial charge in [0.25, 0.3) is 0 Å². The minimum atomic E-state index is -1.03. The lowest BCUT2D eigenvalue weighted by molar-refractivity contribution is -0.150. The fourth-order valence-electron chi connectivity index (χ4n) is 1.93. The smallest absolute Gasteiger partial charge is 0.317 e. The van der Waals surface area contributed by atoms with Crippen LogP contribution in [0.3, 0.4) is 0 Å². The third kappa shape index (κ3) is 3.39. The highest BCUT2D eigenvalue weighted by atomic mass is 16.4. The van der Waals surface area contributed by atoms with E-state index in [-0.39, 0.29) is 6.03 Å². The predicted molar refractivity (Wildman–Crippen MR) is 74.0 cm³/mol. The molecule has 0 bridgehead atoms. The molecule has 2 N–H and O–H groups in total. The van der Waals surface area contributed by atoms with Crippen molar-refractivity contribution in [3.8, 4) is 0 Å². The summed E-state index contributed by atoms with van der Waals surface area (Å²) in [6, 6.07) is -0.203. The van der Waals surface area contributed by atoms with Crippen molar-refractivity contribution in [2.75, 3.05) is 13.6 Å². The van der Waals surface area contributed by atoms with E-state index in [1.165, 1.54) is 19.3 Å². The molecule has 2 amide bonds. The fraction of sp³-hybridized carbons (Fsp3) is 0.857. The number of aliphatic carboxylic acids is 1. The number of urea groups is 1. The van der Waals surface area contributed by atoms with Gasteiger partial charge in [-0.05, 0) is 46.5 Å². The number of rotatable bonds is 5. The zero-order valence-corrected chi connectivity index (χ0v) is 12.6. The first-order chi connectivity index (χ1) is 8.58. The topological polar surface area (TPSA) is 69.6 Å². The number of carboxylic acid groups (broad SMARTS) is 1. The van der Waals surface area contributed by atoms with Crippen LogP contribution in [0.1, 0.15) is 47.0 Å². The van der Waals surface area contributed by atoms with Crippen LogP contribution in [0.15, 0.2) is 0 Å². The summed E-state index contributed by atoms with van der Waals surface area (Å²) in [5.41, 5.74) is -1.84. The van der Waals surface area contributed by atoms with Crippen molar-refractivity contribution in [3.63, 3.8) is 0 Å². The summed E-state index contributed by atoms with van der Waals surface area (Å²) in [5, 5.41) is 12.1. The molecule has 1 saturated carbocycles. The third-order valence-electron chi connectivity index (χ3n) is 4.62. The number of carboxylic acids is 1. The number of hydrogen-bond donors (Lipinski definition) is 2. The Labute approximate surface area is 115 Å². The second-order valence-electron chi connectivity index (χ2n) is 6.66. The maximum absolute atomic E-state index is 12.1. The highest BCUT2D eigenvalue weighted by molar-refractivity contribution is 5.79. The molecule has 0 atom stereocenters. The quantitative estimate of drug-likeness (QED) is 0.805. The summed E-state index contributed by atoms with van der Waals surface area (Å²) in [4.78, 5) is 25.1. The molecule has 0 aliphatic heterocycles. The summed E-state index contributed by atoms with van der Waals surface area (Å²) in [7, 11) is 1.76. The van der Waals surface area contributed by atoms with E-state index >= 15 is 0 Å². The molecule has 0 radical (unpaired) electrons. The third-order valence-corrected chi connectivity index (χ3v) is 4.62. The van der Waals surface area contributed by atoms with Crippen molar-refractivity contribution >= 4 is 12.0 Å². The van der Waals surface area contributed by atoms with Crippen molar-refractivity contribution in [2.24, 2.45) is 11.3 Å². The molecule has 0 aromatic rings. The largest absolute Gasteiger partial charge is 0.481 e. The summed E-state index contributed by atoms with van der Waals surface area (Å²) in [5.74, 6) is -0.314. The van der Waals surface area contributed by atoms with E-state index in [2.05, 4.69) is 5.32 Å². The zero-order valence-electron chi connectivity index (χ0n) is 12.6. The Hall–Kier alpha value is -1.26. The van der Waals surface area contributed by atoms with Gasteiger partial charge in [-0.3, -0.25) is 4.79 Å². The van der Waals surface area contributed by atoms with E-state index in [9.17, 15) is 14.7 Å². The van der Waals surface area contributed by atoms with Crippen molar-refractivity contribution in [1.82, 2.24) is 10.2 Å². The Morgan fingerprint density at radius 3 is 2.16 bits per heavy atom. The molecule has 1 rings (SSSR count). The first kappa shape index (κ1) is 15.8. The van der Waals surface area contributed by atoms with Gasteiger partial charge in [-0.2, -0.15) is 0 Å². The molecule has 0 saturated heterocycles. The SMILES string of the molecule is CN(CC1CCC1)C(=O)NC(C)(C)C(C)(C)C(=O)O. The zero-order chi connectivity index (χ0) is 14.8. The van der Waals surface area contributed by atoms with Crippen molar-refractivity contribution in [2.45, 2.75) is 52.5 Å². The molecule has 1 aliphatic rings. The molecule has 0 spiro atoms. The normalized spacial score (nSPS) is 16.7. The van der Waals surface area contributed by atoms with Crippen LogP contribution in [0.4, 0.5) is 4.79 Å². The molecule has 1 fully saturated rings. The highest BCUT2D eigenvalue weighted by Gasteiger charge is 2.44. The number of amides is 2. The Bertz CT molecular complexity index is 360. The van der Waals surface area contributed by atoms with Gasteiger partial charge in [-0.25, -0.2) is 4.79 Å². The van der Waals surface area contributed by atoms with Crippen LogP contribution in [0.2, 0.25) is 0 Å². The summed E-state index contributed by atoms with van der Waals surface area (Å²) in [6.07, 6.45) is 3.61. The van der Waals surface area contributed by atoms with Crippen molar-refractivity contribution < 1.29 is 14.7 Å². The van der Waals surface area contributed by atoms with Crippen LogP contribution < -0.4 is 5.32 Å². The van der Waals surface area contributed by atoms with Crippen molar-refractivity contribution in [1.29, 1.82) is 0 Å². The molecule has 19 heavy (non-hydrogen) atoms. The second-order valence-corrected chi connectivity index (χ2v) is 6.66. The van der Waals surface area contributed by atoms with E-state index in [0.29, 0.717) is 5.92 Å². The van der Waals surface area contributed by atoms with Crippen LogP contribution in [0.25, 0.3) is 0 Å². The molecule has 0 aromatic heterocycles. The molecule has 5 nitrogen and oxygen atoms in total. The van der Waals surface area contributed by atoms with Gasteiger partial charge in [-0.1, -0.05) is 6.42 Å². The van der Waals surface area contributed by atoms with E-state index in [0.717, 1.165) is 6.54 Å². The molecule has 0 unspecified atom stereocenters. The second kappa shape index (κ2) is 5.39. The van der Waals surface area contributed by atoms with E-state index in [1.807, 2.05) is 0 Å². The Morgan fingerprint density at radius 2 is 1.79 bits per heavy atom. The monoisotopic (exact) mass is 270 g/mol. The highest BCUT2D eigenvalue weighted by Crippen LogP contribution is 2.31. The molecule has 110 valence electrons. The first-order valence-corrected chi connectivity index (χ1v) is 6.84. The molecular formula is C14H26N2O3. The lowest BCUT2D eigenvalue weighted by Gasteiger charge is -2.40. The molecule has 0 aromatic carbocycles. The number of carbonyl (C=O) groups is 2. The number of carbonyl (C=O) groups excluding carboxylic acids is 1. The molecular weight excluding hydrogens is 244 g/mol. The Morgan fingerprint density at radius 1 is 1.26 bits per heavy atom. The molecule has 5 heteroatoms. The average Bonchev–Trinajstić information content (AvgIpc) is 2.21.